The highest BCUT2D eigenvalue weighted by Gasteiger charge is 2.41. The average molecular weight is 265 g/mol. The Hall–Kier alpha value is -0.380. The molecule has 2 nitrogen and oxygen atoms in total. The molecule has 2 N–H and O–H groups in total. The quantitative estimate of drug-likeness (QED) is 0.883. The van der Waals surface area contributed by atoms with Gasteiger partial charge in [-0.1, -0.05) is 12.8 Å². The van der Waals surface area contributed by atoms with E-state index >= 15 is 0 Å². The minimum atomic E-state index is 0.186. The lowest BCUT2D eigenvalue weighted by Gasteiger charge is -2.40. The van der Waals surface area contributed by atoms with E-state index in [1.165, 1.54) is 42.5 Å². The van der Waals surface area contributed by atoms with Crippen LogP contribution in [0.5, 0.6) is 0 Å². The Morgan fingerprint density at radius 1 is 1.44 bits per heavy atom. The smallest absolute Gasteiger partial charge is 0.0686 e. The van der Waals surface area contributed by atoms with E-state index in [4.69, 9.17) is 10.5 Å². The lowest BCUT2D eigenvalue weighted by atomic mass is 9.80. The maximum Gasteiger partial charge on any atom is 0.0686 e. The summed E-state index contributed by atoms with van der Waals surface area (Å²) in [5.74, 6) is 0.606. The van der Waals surface area contributed by atoms with E-state index in [0.29, 0.717) is 5.92 Å². The predicted octanol–water partition coefficient (Wildman–Crippen LogP) is 3.80. The molecule has 100 valence electrons. The number of hydrogen-bond acceptors (Lipinski definition) is 3. The van der Waals surface area contributed by atoms with Gasteiger partial charge in [0.05, 0.1) is 5.60 Å². The molecule has 1 aliphatic carbocycles. The van der Waals surface area contributed by atoms with Gasteiger partial charge in [0.25, 0.3) is 0 Å². The molecule has 2 aliphatic rings. The molecule has 0 amide bonds. The van der Waals surface area contributed by atoms with E-state index in [0.717, 1.165) is 13.0 Å². The van der Waals surface area contributed by atoms with Gasteiger partial charge in [-0.3, -0.25) is 0 Å². The largest absolute Gasteiger partial charge is 0.375 e. The topological polar surface area (TPSA) is 35.2 Å². The van der Waals surface area contributed by atoms with Gasteiger partial charge < -0.3 is 10.5 Å². The van der Waals surface area contributed by atoms with Crippen LogP contribution in [-0.4, -0.2) is 12.2 Å². The molecule has 1 spiro atoms. The van der Waals surface area contributed by atoms with Crippen LogP contribution in [0.2, 0.25) is 0 Å². The van der Waals surface area contributed by atoms with E-state index in [-0.39, 0.29) is 11.6 Å². The Balaban J connectivity index is 1.74. The molecule has 1 aromatic heterocycles. The summed E-state index contributed by atoms with van der Waals surface area (Å²) in [6.45, 7) is 3.08. The predicted molar refractivity (Wildman–Crippen MR) is 75.9 cm³/mol. The zero-order chi connectivity index (χ0) is 12.6. The molecule has 2 fully saturated rings. The summed E-state index contributed by atoms with van der Waals surface area (Å²) in [4.78, 5) is 1.38. The highest BCUT2D eigenvalue weighted by atomic mass is 32.1. The molecular formula is C15H23NOS. The normalized spacial score (nSPS) is 28.7. The van der Waals surface area contributed by atoms with E-state index in [9.17, 15) is 0 Å². The number of ether oxygens (including phenoxy) is 1. The molecule has 2 atom stereocenters. The fourth-order valence-corrected chi connectivity index (χ4v) is 4.70. The molecule has 1 saturated carbocycles. The van der Waals surface area contributed by atoms with Crippen molar-refractivity contribution >= 4 is 11.3 Å². The Labute approximate surface area is 114 Å². The molecule has 18 heavy (non-hydrogen) atoms. The monoisotopic (exact) mass is 265 g/mol. The second-order valence-corrected chi connectivity index (χ2v) is 6.93. The molecule has 2 heterocycles. The Morgan fingerprint density at radius 3 is 2.89 bits per heavy atom. The SMILES string of the molecule is Cc1ccsc1C(N)C1CCOC2(CCCC2)C1. The highest BCUT2D eigenvalue weighted by molar-refractivity contribution is 7.10. The van der Waals surface area contributed by atoms with Crippen molar-refractivity contribution in [3.63, 3.8) is 0 Å². The van der Waals surface area contributed by atoms with Gasteiger partial charge in [-0.15, -0.1) is 11.3 Å². The molecule has 0 radical (unpaired) electrons. The van der Waals surface area contributed by atoms with Crippen molar-refractivity contribution in [3.05, 3.63) is 21.9 Å². The Bertz CT molecular complexity index is 408. The van der Waals surface area contributed by atoms with Crippen LogP contribution in [0.3, 0.4) is 0 Å². The van der Waals surface area contributed by atoms with Crippen molar-refractivity contribution in [1.82, 2.24) is 0 Å². The van der Waals surface area contributed by atoms with E-state index < -0.39 is 0 Å². The first-order chi connectivity index (χ1) is 8.70. The second-order valence-electron chi connectivity index (χ2n) is 5.99. The van der Waals surface area contributed by atoms with Gasteiger partial charge in [0.1, 0.15) is 0 Å². The van der Waals surface area contributed by atoms with Crippen molar-refractivity contribution in [1.29, 1.82) is 0 Å². The summed E-state index contributed by atoms with van der Waals surface area (Å²) < 4.78 is 6.10. The standard InChI is InChI=1S/C15H23NOS/c1-11-5-9-18-14(11)13(16)12-4-8-17-15(10-12)6-2-3-7-15/h5,9,12-13H,2-4,6-8,10,16H2,1H3. The van der Waals surface area contributed by atoms with Gasteiger partial charge in [-0.25, -0.2) is 0 Å². The lowest BCUT2D eigenvalue weighted by Crippen LogP contribution is -2.40. The van der Waals surface area contributed by atoms with Gasteiger partial charge in [0.15, 0.2) is 0 Å². The minimum Gasteiger partial charge on any atom is -0.375 e. The van der Waals surface area contributed by atoms with Gasteiger partial charge in [-0.2, -0.15) is 0 Å². The third-order valence-electron chi connectivity index (χ3n) is 4.76. The first kappa shape index (κ1) is 12.6. The number of nitrogens with two attached hydrogens (primary N) is 1. The van der Waals surface area contributed by atoms with Crippen LogP contribution in [-0.2, 0) is 4.74 Å². The Kier molecular flexibility index (Phi) is 3.48. The molecule has 3 rings (SSSR count). The summed E-state index contributed by atoms with van der Waals surface area (Å²) in [6, 6.07) is 2.40. The molecule has 1 saturated heterocycles. The van der Waals surface area contributed by atoms with Crippen LogP contribution in [0, 0.1) is 12.8 Å². The van der Waals surface area contributed by atoms with Crippen LogP contribution >= 0.6 is 11.3 Å². The van der Waals surface area contributed by atoms with Crippen LogP contribution in [0.25, 0.3) is 0 Å². The van der Waals surface area contributed by atoms with Crippen molar-refractivity contribution in [3.8, 4) is 0 Å². The summed E-state index contributed by atoms with van der Waals surface area (Å²) >= 11 is 1.82. The van der Waals surface area contributed by atoms with Gasteiger partial charge in [0, 0.05) is 17.5 Å². The fraction of sp³-hybridized carbons (Fsp3) is 0.733. The van der Waals surface area contributed by atoms with Crippen LogP contribution in [0.1, 0.15) is 55.0 Å². The van der Waals surface area contributed by atoms with Crippen molar-refractivity contribution < 1.29 is 4.74 Å². The molecular weight excluding hydrogens is 242 g/mol. The molecule has 0 bridgehead atoms. The van der Waals surface area contributed by atoms with Crippen LogP contribution < -0.4 is 5.73 Å². The van der Waals surface area contributed by atoms with Gasteiger partial charge in [-0.05, 0) is 55.5 Å². The van der Waals surface area contributed by atoms with Crippen molar-refractivity contribution in [2.24, 2.45) is 11.7 Å². The first-order valence-electron chi connectivity index (χ1n) is 7.14. The molecule has 3 heteroatoms. The van der Waals surface area contributed by atoms with Crippen molar-refractivity contribution in [2.45, 2.75) is 57.1 Å². The number of thiophene rings is 1. The molecule has 0 aromatic carbocycles. The zero-order valence-electron chi connectivity index (χ0n) is 11.2. The number of aryl methyl sites for hydroxylation is 1. The third-order valence-corrected chi connectivity index (χ3v) is 5.88. The summed E-state index contributed by atoms with van der Waals surface area (Å²) in [5, 5.41) is 2.16. The maximum absolute atomic E-state index is 6.52. The molecule has 1 aromatic rings. The van der Waals surface area contributed by atoms with E-state index in [1.54, 1.807) is 0 Å². The van der Waals surface area contributed by atoms with Gasteiger partial charge >= 0.3 is 0 Å². The fourth-order valence-electron chi connectivity index (χ4n) is 3.68. The first-order valence-corrected chi connectivity index (χ1v) is 8.02. The van der Waals surface area contributed by atoms with Crippen LogP contribution in [0.15, 0.2) is 11.4 Å². The number of hydrogen-bond donors (Lipinski definition) is 1. The van der Waals surface area contributed by atoms with E-state index in [2.05, 4.69) is 18.4 Å². The minimum absolute atomic E-state index is 0.186. The summed E-state index contributed by atoms with van der Waals surface area (Å²) in [5.41, 5.74) is 8.07. The number of rotatable bonds is 2. The highest BCUT2D eigenvalue weighted by Crippen LogP contribution is 2.45. The Morgan fingerprint density at radius 2 is 2.22 bits per heavy atom. The van der Waals surface area contributed by atoms with Gasteiger partial charge in [0.2, 0.25) is 0 Å². The summed E-state index contributed by atoms with van der Waals surface area (Å²) in [6.07, 6.45) is 7.46. The summed E-state index contributed by atoms with van der Waals surface area (Å²) in [7, 11) is 0. The average Bonchev–Trinajstić information content (AvgIpc) is 2.98. The molecule has 1 aliphatic heterocycles. The van der Waals surface area contributed by atoms with Crippen molar-refractivity contribution in [2.75, 3.05) is 6.61 Å². The zero-order valence-corrected chi connectivity index (χ0v) is 12.0. The lowest BCUT2D eigenvalue weighted by molar-refractivity contribution is -0.0962. The van der Waals surface area contributed by atoms with E-state index in [1.807, 2.05) is 11.3 Å². The van der Waals surface area contributed by atoms with Crippen LogP contribution in [0.4, 0.5) is 0 Å². The molecule has 2 unspecified atom stereocenters. The second kappa shape index (κ2) is 4.95. The maximum atomic E-state index is 6.52. The third kappa shape index (κ3) is 2.24.